The van der Waals surface area contributed by atoms with Crippen molar-refractivity contribution in [2.75, 3.05) is 0 Å². The smallest absolute Gasteiger partial charge is 0.357 e. The number of fused-ring (bicyclic) bond motifs is 1. The number of benzene rings is 3. The van der Waals surface area contributed by atoms with Gasteiger partial charge in [0.1, 0.15) is 0 Å². The van der Waals surface area contributed by atoms with Crippen molar-refractivity contribution in [3.63, 3.8) is 0 Å². The number of H-pyrrole nitrogens is 1. The van der Waals surface area contributed by atoms with Crippen LogP contribution in [0.5, 0.6) is 0 Å². The summed E-state index contributed by atoms with van der Waals surface area (Å²) in [5.41, 5.74) is 4.03. The molecule has 4 rings (SSSR count). The number of aromatic nitrogens is 2. The predicted octanol–water partition coefficient (Wildman–Crippen LogP) is 4.98. The van der Waals surface area contributed by atoms with E-state index in [9.17, 15) is 9.90 Å². The lowest BCUT2D eigenvalue weighted by Gasteiger charge is -2.05. The Morgan fingerprint density at radius 2 is 1.63 bits per heavy atom. The van der Waals surface area contributed by atoms with Gasteiger partial charge < -0.3 is 5.11 Å². The number of carbonyl (C=O) groups is 1. The molecule has 4 nitrogen and oxygen atoms in total. The van der Waals surface area contributed by atoms with Crippen LogP contribution in [0.1, 0.15) is 21.6 Å². The lowest BCUT2D eigenvalue weighted by molar-refractivity contribution is 0.0692. The molecule has 1 heterocycles. The third-order valence-corrected chi connectivity index (χ3v) is 4.49. The summed E-state index contributed by atoms with van der Waals surface area (Å²) in [4.78, 5) is 11.3. The zero-order valence-electron chi connectivity index (χ0n) is 14.0. The van der Waals surface area contributed by atoms with Crippen LogP contribution in [0, 0.1) is 11.8 Å². The molecule has 0 fully saturated rings. The van der Waals surface area contributed by atoms with Gasteiger partial charge in [0.15, 0.2) is 5.69 Å². The first-order valence-electron chi connectivity index (χ1n) is 8.20. The Bertz CT molecular complexity index is 1200. The molecule has 0 amide bonds. The third kappa shape index (κ3) is 3.41. The number of aromatic carboxylic acids is 1. The Labute approximate surface area is 160 Å². The Balaban J connectivity index is 1.70. The van der Waals surface area contributed by atoms with Crippen molar-refractivity contribution in [2.24, 2.45) is 0 Å². The van der Waals surface area contributed by atoms with E-state index in [2.05, 4.69) is 22.0 Å². The highest BCUT2D eigenvalue weighted by molar-refractivity contribution is 6.34. The second-order valence-corrected chi connectivity index (χ2v) is 6.36. The summed E-state index contributed by atoms with van der Waals surface area (Å²) < 4.78 is 0. The van der Waals surface area contributed by atoms with Gasteiger partial charge in [-0.2, -0.15) is 5.10 Å². The second-order valence-electron chi connectivity index (χ2n) is 5.95. The van der Waals surface area contributed by atoms with Crippen molar-refractivity contribution in [3.8, 4) is 23.0 Å². The van der Waals surface area contributed by atoms with E-state index in [1.54, 1.807) is 12.1 Å². The Hall–Kier alpha value is -3.55. The molecule has 0 atom stereocenters. The van der Waals surface area contributed by atoms with E-state index in [1.165, 1.54) is 0 Å². The van der Waals surface area contributed by atoms with Crippen molar-refractivity contribution >= 4 is 28.5 Å². The molecule has 5 heteroatoms. The van der Waals surface area contributed by atoms with Crippen LogP contribution in [0.25, 0.3) is 22.0 Å². The molecule has 0 radical (unpaired) electrons. The molecular weight excluding hydrogens is 360 g/mol. The summed E-state index contributed by atoms with van der Waals surface area (Å²) >= 11 is 6.38. The summed E-state index contributed by atoms with van der Waals surface area (Å²) in [5, 5.41) is 16.8. The van der Waals surface area contributed by atoms with Crippen LogP contribution in [0.3, 0.4) is 0 Å². The van der Waals surface area contributed by atoms with E-state index >= 15 is 0 Å². The molecule has 0 aliphatic rings. The van der Waals surface area contributed by atoms with Crippen molar-refractivity contribution in [2.45, 2.75) is 0 Å². The molecule has 130 valence electrons. The number of carboxylic acid groups (broad SMARTS) is 1. The molecule has 0 aliphatic carbocycles. The van der Waals surface area contributed by atoms with Gasteiger partial charge in [0, 0.05) is 22.1 Å². The first kappa shape index (κ1) is 16.9. The fourth-order valence-corrected chi connectivity index (χ4v) is 3.09. The Kier molecular flexibility index (Phi) is 4.37. The highest BCUT2D eigenvalue weighted by Crippen LogP contribution is 2.32. The number of rotatable bonds is 2. The van der Waals surface area contributed by atoms with Gasteiger partial charge in [0.05, 0.1) is 10.5 Å². The quantitative estimate of drug-likeness (QED) is 0.487. The SMILES string of the molecule is O=C(O)c1n[nH]c2cc(Cl)c(-c3ccc(C#Cc4ccccc4)cc3)cc12. The fourth-order valence-electron chi connectivity index (χ4n) is 2.82. The molecule has 4 aromatic rings. The van der Waals surface area contributed by atoms with Gasteiger partial charge in [-0.1, -0.05) is 53.8 Å². The normalized spacial score (nSPS) is 10.4. The van der Waals surface area contributed by atoms with Gasteiger partial charge in [-0.3, -0.25) is 5.10 Å². The summed E-state index contributed by atoms with van der Waals surface area (Å²) in [6, 6.07) is 20.9. The number of hydrogen-bond donors (Lipinski definition) is 2. The van der Waals surface area contributed by atoms with E-state index < -0.39 is 5.97 Å². The van der Waals surface area contributed by atoms with Crippen molar-refractivity contribution < 1.29 is 9.90 Å². The summed E-state index contributed by atoms with van der Waals surface area (Å²) in [6.07, 6.45) is 0. The first-order valence-corrected chi connectivity index (χ1v) is 8.58. The lowest BCUT2D eigenvalue weighted by Crippen LogP contribution is -1.96. The highest BCUT2D eigenvalue weighted by atomic mass is 35.5. The number of aromatic amines is 1. The van der Waals surface area contributed by atoms with Crippen LogP contribution >= 0.6 is 11.6 Å². The third-order valence-electron chi connectivity index (χ3n) is 4.17. The van der Waals surface area contributed by atoms with Crippen molar-refractivity contribution in [1.29, 1.82) is 0 Å². The maximum absolute atomic E-state index is 11.3. The number of hydrogen-bond acceptors (Lipinski definition) is 2. The zero-order valence-corrected chi connectivity index (χ0v) is 14.8. The number of carboxylic acids is 1. The zero-order chi connectivity index (χ0) is 18.8. The van der Waals surface area contributed by atoms with Gasteiger partial charge in [-0.25, -0.2) is 4.79 Å². The largest absolute Gasteiger partial charge is 0.476 e. The van der Waals surface area contributed by atoms with Gasteiger partial charge in [0.25, 0.3) is 0 Å². The maximum atomic E-state index is 11.3. The molecule has 0 unspecified atom stereocenters. The van der Waals surface area contributed by atoms with Crippen LogP contribution in [-0.4, -0.2) is 21.3 Å². The minimum absolute atomic E-state index is 0.0201. The Morgan fingerprint density at radius 3 is 2.30 bits per heavy atom. The molecule has 0 saturated heterocycles. The average Bonchev–Trinajstić information content (AvgIpc) is 3.10. The fraction of sp³-hybridized carbons (Fsp3) is 0. The topological polar surface area (TPSA) is 66.0 Å². The summed E-state index contributed by atoms with van der Waals surface area (Å²) in [6.45, 7) is 0. The van der Waals surface area contributed by atoms with Gasteiger partial charge in [-0.05, 0) is 42.0 Å². The van der Waals surface area contributed by atoms with E-state index in [0.29, 0.717) is 15.9 Å². The highest BCUT2D eigenvalue weighted by Gasteiger charge is 2.15. The minimum Gasteiger partial charge on any atom is -0.476 e. The van der Waals surface area contributed by atoms with Crippen LogP contribution in [0.4, 0.5) is 0 Å². The van der Waals surface area contributed by atoms with E-state index in [0.717, 1.165) is 22.3 Å². The van der Waals surface area contributed by atoms with Crippen LogP contribution < -0.4 is 0 Å². The van der Waals surface area contributed by atoms with E-state index in [4.69, 9.17) is 11.6 Å². The van der Waals surface area contributed by atoms with Gasteiger partial charge in [0.2, 0.25) is 0 Å². The summed E-state index contributed by atoms with van der Waals surface area (Å²) in [5.74, 6) is 5.16. The minimum atomic E-state index is -1.08. The molecule has 0 aliphatic heterocycles. The molecule has 3 aromatic carbocycles. The maximum Gasteiger partial charge on any atom is 0.357 e. The predicted molar refractivity (Wildman–Crippen MR) is 106 cm³/mol. The number of nitrogens with zero attached hydrogens (tertiary/aromatic N) is 1. The van der Waals surface area contributed by atoms with Crippen LogP contribution in [0.2, 0.25) is 5.02 Å². The lowest BCUT2D eigenvalue weighted by atomic mass is 10.0. The molecule has 0 bridgehead atoms. The standard InChI is InChI=1S/C22H13ClN2O2/c23-19-13-20-18(21(22(26)27)25-24-20)12-17(19)16-10-8-15(9-11-16)7-6-14-4-2-1-3-5-14/h1-5,8-13H,(H,24,25)(H,26,27). The summed E-state index contributed by atoms with van der Waals surface area (Å²) in [7, 11) is 0. The number of nitrogens with one attached hydrogen (secondary N) is 1. The average molecular weight is 373 g/mol. The monoisotopic (exact) mass is 372 g/mol. The number of halogens is 1. The molecule has 0 spiro atoms. The first-order chi connectivity index (χ1) is 13.1. The Morgan fingerprint density at radius 1 is 0.963 bits per heavy atom. The molecule has 2 N–H and O–H groups in total. The van der Waals surface area contributed by atoms with Crippen molar-refractivity contribution in [3.05, 3.63) is 88.6 Å². The molecule has 0 saturated carbocycles. The molecule has 1 aromatic heterocycles. The van der Waals surface area contributed by atoms with Crippen LogP contribution in [0.15, 0.2) is 66.7 Å². The van der Waals surface area contributed by atoms with Gasteiger partial charge in [-0.15, -0.1) is 0 Å². The van der Waals surface area contributed by atoms with E-state index in [-0.39, 0.29) is 5.69 Å². The van der Waals surface area contributed by atoms with E-state index in [1.807, 2.05) is 54.6 Å². The second kappa shape index (κ2) is 6.99. The van der Waals surface area contributed by atoms with Gasteiger partial charge >= 0.3 is 5.97 Å². The van der Waals surface area contributed by atoms with Crippen LogP contribution in [-0.2, 0) is 0 Å². The van der Waals surface area contributed by atoms with Crippen molar-refractivity contribution in [1.82, 2.24) is 10.2 Å². The molecular formula is C22H13ClN2O2. The molecule has 27 heavy (non-hydrogen) atoms.